The third-order valence-electron chi connectivity index (χ3n) is 12.8. The van der Waals surface area contributed by atoms with Crippen LogP contribution in [0.25, 0.3) is 0 Å². The zero-order chi connectivity index (χ0) is 27.4. The Kier molecular flexibility index (Phi) is 8.36. The lowest BCUT2D eigenvalue weighted by Gasteiger charge is -2.59. The standard InChI is InChI=1S/C34H62O2Si/c1-24(2)13-11-12-20-34(8,35)30-17-16-28-27-15-14-25-23-26(36-37(9,10)31(3,4)5)18-21-32(25,6)29(27)19-22-33(28,30)7/h14,24,26-30,35H,11-13,15-23H2,1-10H3/t26-,27-,28-,29-,30-,32-,33-,34?/m0/s1. The molecule has 0 saturated heterocycles. The maximum atomic E-state index is 11.8. The predicted octanol–water partition coefficient (Wildman–Crippen LogP) is 9.92. The van der Waals surface area contributed by atoms with Crippen LogP contribution in [0, 0.1) is 40.4 Å². The van der Waals surface area contributed by atoms with Gasteiger partial charge < -0.3 is 9.53 Å². The summed E-state index contributed by atoms with van der Waals surface area (Å²) in [4.78, 5) is 0. The van der Waals surface area contributed by atoms with Crippen molar-refractivity contribution < 1.29 is 9.53 Å². The molecule has 0 aromatic carbocycles. The largest absolute Gasteiger partial charge is 0.414 e. The fourth-order valence-corrected chi connectivity index (χ4v) is 10.9. The van der Waals surface area contributed by atoms with Crippen molar-refractivity contribution in [1.82, 2.24) is 0 Å². The Labute approximate surface area is 231 Å². The van der Waals surface area contributed by atoms with E-state index in [-0.39, 0.29) is 5.04 Å². The van der Waals surface area contributed by atoms with Crippen LogP contribution < -0.4 is 0 Å². The van der Waals surface area contributed by atoms with E-state index < -0.39 is 13.9 Å². The molecule has 0 heterocycles. The molecule has 0 spiro atoms. The van der Waals surface area contributed by atoms with Crippen LogP contribution in [0.5, 0.6) is 0 Å². The van der Waals surface area contributed by atoms with Gasteiger partial charge >= 0.3 is 0 Å². The summed E-state index contributed by atoms with van der Waals surface area (Å²) in [5.41, 5.74) is 1.91. The predicted molar refractivity (Wildman–Crippen MR) is 161 cm³/mol. The second-order valence-electron chi connectivity index (χ2n) is 16.7. The summed E-state index contributed by atoms with van der Waals surface area (Å²) in [5, 5.41) is 12.1. The number of allylic oxidation sites excluding steroid dienone is 1. The van der Waals surface area contributed by atoms with Gasteiger partial charge in [0.15, 0.2) is 8.32 Å². The van der Waals surface area contributed by atoms with Gasteiger partial charge in [-0.05, 0) is 123 Å². The third kappa shape index (κ3) is 5.58. The lowest BCUT2D eigenvalue weighted by Crippen LogP contribution is -2.53. The number of hydrogen-bond donors (Lipinski definition) is 1. The second-order valence-corrected chi connectivity index (χ2v) is 21.4. The van der Waals surface area contributed by atoms with Gasteiger partial charge in [0.1, 0.15) is 0 Å². The molecule has 0 aromatic heterocycles. The van der Waals surface area contributed by atoms with Crippen LogP contribution in [-0.4, -0.2) is 25.1 Å². The molecule has 3 fully saturated rings. The van der Waals surface area contributed by atoms with Crippen LogP contribution in [0.3, 0.4) is 0 Å². The maximum absolute atomic E-state index is 11.8. The average Bonchev–Trinajstić information content (AvgIpc) is 3.14. The topological polar surface area (TPSA) is 29.5 Å². The summed E-state index contributed by atoms with van der Waals surface area (Å²) in [6.45, 7) is 24.0. The van der Waals surface area contributed by atoms with Crippen molar-refractivity contribution in [3.63, 3.8) is 0 Å². The summed E-state index contributed by atoms with van der Waals surface area (Å²) < 4.78 is 6.93. The van der Waals surface area contributed by atoms with Gasteiger partial charge in [-0.1, -0.05) is 79.4 Å². The van der Waals surface area contributed by atoms with Crippen molar-refractivity contribution in [1.29, 1.82) is 0 Å². The molecular weight excluding hydrogens is 468 g/mol. The summed E-state index contributed by atoms with van der Waals surface area (Å²) in [6.07, 6.45) is 18.0. The molecule has 0 aromatic rings. The fraction of sp³-hybridized carbons (Fsp3) is 0.941. The molecule has 0 aliphatic heterocycles. The molecule has 0 bridgehead atoms. The Bertz CT molecular complexity index is 835. The summed E-state index contributed by atoms with van der Waals surface area (Å²) >= 11 is 0. The van der Waals surface area contributed by atoms with E-state index in [4.69, 9.17) is 4.43 Å². The van der Waals surface area contributed by atoms with Crippen LogP contribution in [0.1, 0.15) is 132 Å². The molecule has 4 aliphatic carbocycles. The molecule has 3 saturated carbocycles. The van der Waals surface area contributed by atoms with E-state index in [1.54, 1.807) is 5.57 Å². The van der Waals surface area contributed by atoms with Gasteiger partial charge in [0.2, 0.25) is 0 Å². The highest BCUT2D eigenvalue weighted by Gasteiger charge is 2.61. The third-order valence-corrected chi connectivity index (χ3v) is 17.3. The first-order chi connectivity index (χ1) is 17.0. The monoisotopic (exact) mass is 530 g/mol. The van der Waals surface area contributed by atoms with E-state index >= 15 is 0 Å². The maximum Gasteiger partial charge on any atom is 0.192 e. The van der Waals surface area contributed by atoms with Gasteiger partial charge in [-0.25, -0.2) is 0 Å². The fourth-order valence-electron chi connectivity index (χ4n) is 9.55. The van der Waals surface area contributed by atoms with Crippen molar-refractivity contribution in [2.75, 3.05) is 0 Å². The quantitative estimate of drug-likeness (QED) is 0.192. The highest BCUT2D eigenvalue weighted by molar-refractivity contribution is 6.74. The molecule has 1 N–H and O–H groups in total. The molecule has 4 rings (SSSR count). The average molecular weight is 531 g/mol. The molecular formula is C34H62O2Si. The Morgan fingerprint density at radius 3 is 2.35 bits per heavy atom. The van der Waals surface area contributed by atoms with E-state index in [1.807, 2.05) is 0 Å². The smallest absolute Gasteiger partial charge is 0.192 e. The van der Waals surface area contributed by atoms with Gasteiger partial charge in [-0.2, -0.15) is 0 Å². The molecule has 2 nitrogen and oxygen atoms in total. The Balaban J connectivity index is 1.45. The molecule has 37 heavy (non-hydrogen) atoms. The van der Waals surface area contributed by atoms with E-state index in [9.17, 15) is 5.11 Å². The zero-order valence-electron chi connectivity index (χ0n) is 26.4. The summed E-state index contributed by atoms with van der Waals surface area (Å²) in [6, 6.07) is 0. The van der Waals surface area contributed by atoms with Crippen LogP contribution in [0.15, 0.2) is 11.6 Å². The van der Waals surface area contributed by atoms with Crippen LogP contribution in [-0.2, 0) is 4.43 Å². The van der Waals surface area contributed by atoms with E-state index in [0.717, 1.165) is 30.1 Å². The number of aliphatic hydroxyl groups is 1. The van der Waals surface area contributed by atoms with Gasteiger partial charge in [-0.3, -0.25) is 0 Å². The lowest BCUT2D eigenvalue weighted by atomic mass is 9.46. The molecule has 1 unspecified atom stereocenters. The van der Waals surface area contributed by atoms with Gasteiger partial charge in [0, 0.05) is 6.10 Å². The van der Waals surface area contributed by atoms with Crippen molar-refractivity contribution in [2.45, 2.75) is 162 Å². The van der Waals surface area contributed by atoms with Crippen molar-refractivity contribution >= 4 is 8.32 Å². The minimum Gasteiger partial charge on any atom is -0.414 e. The van der Waals surface area contributed by atoms with Crippen LogP contribution in [0.4, 0.5) is 0 Å². The highest BCUT2D eigenvalue weighted by Crippen LogP contribution is 2.68. The Morgan fingerprint density at radius 2 is 1.70 bits per heavy atom. The molecule has 0 radical (unpaired) electrons. The van der Waals surface area contributed by atoms with Gasteiger partial charge in [-0.15, -0.1) is 0 Å². The molecule has 214 valence electrons. The molecule has 4 aliphatic rings. The normalized spacial score (nSPS) is 40.0. The van der Waals surface area contributed by atoms with Crippen molar-refractivity contribution in [3.8, 4) is 0 Å². The molecule has 0 amide bonds. The van der Waals surface area contributed by atoms with Crippen molar-refractivity contribution in [3.05, 3.63) is 11.6 Å². The first-order valence-corrected chi connectivity index (χ1v) is 19.0. The van der Waals surface area contributed by atoms with Gasteiger partial charge in [0.25, 0.3) is 0 Å². The number of hydrogen-bond acceptors (Lipinski definition) is 2. The van der Waals surface area contributed by atoms with E-state index in [1.165, 1.54) is 70.6 Å². The van der Waals surface area contributed by atoms with E-state index in [0.29, 0.717) is 22.9 Å². The minimum atomic E-state index is -1.73. The number of unbranched alkanes of at least 4 members (excludes halogenated alkanes) is 1. The summed E-state index contributed by atoms with van der Waals surface area (Å²) in [5.74, 6) is 3.67. The Hall–Kier alpha value is -0.123. The summed E-state index contributed by atoms with van der Waals surface area (Å²) in [7, 11) is -1.73. The first kappa shape index (κ1) is 29.8. The SMILES string of the molecule is CC(C)CCCCC(C)(O)[C@H]1CC[C@H]2[C@@H]3CC=C4C[C@@H](O[Si](C)(C)C(C)(C)C)CC[C@]4(C)[C@H]3CC[C@]12C. The zero-order valence-corrected chi connectivity index (χ0v) is 27.4. The number of fused-ring (bicyclic) bond motifs is 5. The van der Waals surface area contributed by atoms with Crippen LogP contribution in [0.2, 0.25) is 18.1 Å². The Morgan fingerprint density at radius 1 is 1.00 bits per heavy atom. The lowest BCUT2D eigenvalue weighted by molar-refractivity contribution is -0.105. The number of rotatable bonds is 8. The first-order valence-electron chi connectivity index (χ1n) is 16.1. The van der Waals surface area contributed by atoms with Crippen LogP contribution >= 0.6 is 0 Å². The second kappa shape index (κ2) is 10.4. The molecule has 8 atom stereocenters. The minimum absolute atomic E-state index is 0.280. The molecule has 3 heteroatoms. The van der Waals surface area contributed by atoms with Gasteiger partial charge in [0.05, 0.1) is 5.60 Å². The van der Waals surface area contributed by atoms with E-state index in [2.05, 4.69) is 74.6 Å². The highest BCUT2D eigenvalue weighted by atomic mass is 28.4. The van der Waals surface area contributed by atoms with Crippen molar-refractivity contribution in [2.24, 2.45) is 40.4 Å².